The molecule has 4 heteroatoms. The van der Waals surface area contributed by atoms with Gasteiger partial charge < -0.3 is 15.4 Å². The Labute approximate surface area is 113 Å². The minimum atomic E-state index is 0.0852. The minimum Gasteiger partial charge on any atom is -0.326 e. The number of Topliss-reactive ketones (excluding diaryl/α,β-unsaturated/α-hetero) is 1. The summed E-state index contributed by atoms with van der Waals surface area (Å²) in [6, 6.07) is 6.30. The van der Waals surface area contributed by atoms with Crippen LogP contribution in [0.5, 0.6) is 0 Å². The zero-order chi connectivity index (χ0) is 13.8. The van der Waals surface area contributed by atoms with Gasteiger partial charge in [0, 0.05) is 24.6 Å². The van der Waals surface area contributed by atoms with Crippen LogP contribution in [-0.2, 0) is 16.0 Å². The highest BCUT2D eigenvalue weighted by atomic mass is 16.1. The largest absolute Gasteiger partial charge is 0.326 e. The van der Waals surface area contributed by atoms with Crippen molar-refractivity contribution in [1.29, 1.82) is 0 Å². The number of hydrogen-bond acceptors (Lipinski definition) is 3. The summed E-state index contributed by atoms with van der Waals surface area (Å²) in [4.78, 5) is 22.4. The number of hydrogen-bond donors (Lipinski definition) is 2. The fraction of sp³-hybridized carbons (Fsp3) is 0.467. The summed E-state index contributed by atoms with van der Waals surface area (Å²) in [5.41, 5.74) is 3.28. The summed E-state index contributed by atoms with van der Waals surface area (Å²) in [6.45, 7) is 1.62. The van der Waals surface area contributed by atoms with E-state index >= 15 is 0 Å². The molecule has 0 spiro atoms. The van der Waals surface area contributed by atoms with Gasteiger partial charge in [-0.05, 0) is 44.0 Å². The zero-order valence-electron chi connectivity index (χ0n) is 11.5. The first-order chi connectivity index (χ1) is 9.10. The third-order valence-electron chi connectivity index (χ3n) is 3.56. The average molecular weight is 260 g/mol. The van der Waals surface area contributed by atoms with Gasteiger partial charge in [0.05, 0.1) is 0 Å². The molecule has 0 saturated heterocycles. The topological polar surface area (TPSA) is 58.2 Å². The van der Waals surface area contributed by atoms with E-state index in [9.17, 15) is 9.59 Å². The first-order valence-electron chi connectivity index (χ1n) is 6.69. The molecule has 102 valence electrons. The monoisotopic (exact) mass is 260 g/mol. The van der Waals surface area contributed by atoms with E-state index in [1.165, 1.54) is 11.1 Å². The highest BCUT2D eigenvalue weighted by Crippen LogP contribution is 2.27. The molecule has 0 fully saturated rings. The van der Waals surface area contributed by atoms with Crippen molar-refractivity contribution in [3.8, 4) is 0 Å². The van der Waals surface area contributed by atoms with Gasteiger partial charge in [0.2, 0.25) is 5.91 Å². The number of carbonyl (C=O) groups is 2. The number of aryl methyl sites for hydroxylation is 1. The molecule has 0 saturated carbocycles. The van der Waals surface area contributed by atoms with E-state index in [4.69, 9.17) is 0 Å². The number of fused-ring (bicyclic) bond motifs is 1. The van der Waals surface area contributed by atoms with Gasteiger partial charge in [-0.2, -0.15) is 0 Å². The van der Waals surface area contributed by atoms with Gasteiger partial charge in [-0.25, -0.2) is 0 Å². The highest BCUT2D eigenvalue weighted by Gasteiger charge is 2.17. The van der Waals surface area contributed by atoms with Crippen LogP contribution in [0.3, 0.4) is 0 Å². The van der Waals surface area contributed by atoms with Crippen molar-refractivity contribution < 1.29 is 9.59 Å². The van der Waals surface area contributed by atoms with E-state index in [1.807, 2.05) is 19.2 Å². The van der Waals surface area contributed by atoms with Gasteiger partial charge in [0.25, 0.3) is 0 Å². The Morgan fingerprint density at radius 3 is 2.89 bits per heavy atom. The molecule has 19 heavy (non-hydrogen) atoms. The Morgan fingerprint density at radius 2 is 2.21 bits per heavy atom. The molecule has 1 aliphatic heterocycles. The normalized spacial score (nSPS) is 15.6. The molecule has 0 aromatic heterocycles. The van der Waals surface area contributed by atoms with Crippen molar-refractivity contribution in [2.45, 2.75) is 38.6 Å². The summed E-state index contributed by atoms with van der Waals surface area (Å²) in [6.07, 6.45) is 2.72. The minimum absolute atomic E-state index is 0.0852. The van der Waals surface area contributed by atoms with E-state index < -0.39 is 0 Å². The SMILES string of the molecule is CNC(CCC(C)=O)c1ccc2c(c1)CCC(=O)N2. The number of nitrogens with one attached hydrogen (secondary N) is 2. The number of anilines is 1. The van der Waals surface area contributed by atoms with Crippen LogP contribution in [0.4, 0.5) is 5.69 Å². The molecule has 1 aromatic rings. The van der Waals surface area contributed by atoms with Gasteiger partial charge in [-0.15, -0.1) is 0 Å². The molecule has 4 nitrogen and oxygen atoms in total. The zero-order valence-corrected chi connectivity index (χ0v) is 11.5. The summed E-state index contributed by atoms with van der Waals surface area (Å²) < 4.78 is 0. The lowest BCUT2D eigenvalue weighted by Crippen LogP contribution is -2.21. The van der Waals surface area contributed by atoms with Gasteiger partial charge in [0.1, 0.15) is 5.78 Å². The Morgan fingerprint density at radius 1 is 1.42 bits per heavy atom. The van der Waals surface area contributed by atoms with Crippen LogP contribution in [0, 0.1) is 0 Å². The van der Waals surface area contributed by atoms with Crippen molar-refractivity contribution in [2.24, 2.45) is 0 Å². The van der Waals surface area contributed by atoms with E-state index in [1.54, 1.807) is 6.92 Å². The second-order valence-electron chi connectivity index (χ2n) is 5.05. The Kier molecular flexibility index (Phi) is 4.32. The third-order valence-corrected chi connectivity index (χ3v) is 3.56. The molecule has 1 amide bonds. The summed E-state index contributed by atoms with van der Waals surface area (Å²) in [5.74, 6) is 0.299. The standard InChI is InChI=1S/C15H20N2O2/c1-10(18)3-6-13(16-2)11-4-7-14-12(9-11)5-8-15(19)17-14/h4,7,9,13,16H,3,5-6,8H2,1-2H3,(H,17,19). The predicted octanol–water partition coefficient (Wildman–Crippen LogP) is 2.20. The van der Waals surface area contributed by atoms with Crippen LogP contribution >= 0.6 is 0 Å². The number of ketones is 1. The highest BCUT2D eigenvalue weighted by molar-refractivity contribution is 5.93. The van der Waals surface area contributed by atoms with E-state index in [0.717, 1.165) is 18.5 Å². The predicted molar refractivity (Wildman–Crippen MR) is 75.1 cm³/mol. The van der Waals surface area contributed by atoms with Crippen LogP contribution in [0.2, 0.25) is 0 Å². The molecule has 2 N–H and O–H groups in total. The second kappa shape index (κ2) is 5.97. The van der Waals surface area contributed by atoms with Crippen LogP contribution < -0.4 is 10.6 Å². The van der Waals surface area contributed by atoms with Crippen molar-refractivity contribution >= 4 is 17.4 Å². The van der Waals surface area contributed by atoms with E-state index in [2.05, 4.69) is 16.7 Å². The number of benzene rings is 1. The fourth-order valence-electron chi connectivity index (χ4n) is 2.45. The maximum absolute atomic E-state index is 11.3. The van der Waals surface area contributed by atoms with Crippen LogP contribution in [0.15, 0.2) is 18.2 Å². The first-order valence-corrected chi connectivity index (χ1v) is 6.69. The Bertz CT molecular complexity index is 497. The van der Waals surface area contributed by atoms with Gasteiger partial charge in [0.15, 0.2) is 0 Å². The Hall–Kier alpha value is -1.68. The quantitative estimate of drug-likeness (QED) is 0.853. The van der Waals surface area contributed by atoms with Gasteiger partial charge >= 0.3 is 0 Å². The van der Waals surface area contributed by atoms with Crippen LogP contribution in [0.25, 0.3) is 0 Å². The maximum atomic E-state index is 11.3. The van der Waals surface area contributed by atoms with Gasteiger partial charge in [-0.1, -0.05) is 12.1 Å². The lowest BCUT2D eigenvalue weighted by molar-refractivity contribution is -0.117. The lowest BCUT2D eigenvalue weighted by Gasteiger charge is -2.21. The third kappa shape index (κ3) is 3.41. The molecule has 0 radical (unpaired) electrons. The fourth-order valence-corrected chi connectivity index (χ4v) is 2.45. The van der Waals surface area contributed by atoms with Crippen molar-refractivity contribution in [3.05, 3.63) is 29.3 Å². The summed E-state index contributed by atoms with van der Waals surface area (Å²) in [7, 11) is 1.91. The molecule has 1 heterocycles. The number of rotatable bonds is 5. The average Bonchev–Trinajstić information content (AvgIpc) is 2.39. The molecule has 2 rings (SSSR count). The maximum Gasteiger partial charge on any atom is 0.224 e. The summed E-state index contributed by atoms with van der Waals surface area (Å²) in [5, 5.41) is 6.13. The molecular formula is C15H20N2O2. The van der Waals surface area contributed by atoms with Crippen molar-refractivity contribution in [3.63, 3.8) is 0 Å². The van der Waals surface area contributed by atoms with Crippen molar-refractivity contribution in [1.82, 2.24) is 5.32 Å². The van der Waals surface area contributed by atoms with Gasteiger partial charge in [-0.3, -0.25) is 4.79 Å². The molecule has 0 bridgehead atoms. The molecule has 1 atom stereocenters. The molecule has 1 unspecified atom stereocenters. The first kappa shape index (κ1) is 13.7. The van der Waals surface area contributed by atoms with E-state index in [0.29, 0.717) is 12.8 Å². The number of amides is 1. The summed E-state index contributed by atoms with van der Waals surface area (Å²) >= 11 is 0. The molecular weight excluding hydrogens is 240 g/mol. The Balaban J connectivity index is 2.15. The molecule has 1 aromatic carbocycles. The van der Waals surface area contributed by atoms with Crippen LogP contribution in [0.1, 0.15) is 43.4 Å². The van der Waals surface area contributed by atoms with Crippen molar-refractivity contribution in [2.75, 3.05) is 12.4 Å². The molecule has 0 aliphatic carbocycles. The van der Waals surface area contributed by atoms with E-state index in [-0.39, 0.29) is 17.7 Å². The molecule has 1 aliphatic rings. The number of carbonyl (C=O) groups excluding carboxylic acids is 2. The lowest BCUT2D eigenvalue weighted by atomic mass is 9.95. The smallest absolute Gasteiger partial charge is 0.224 e. The second-order valence-corrected chi connectivity index (χ2v) is 5.05. The van der Waals surface area contributed by atoms with Crippen LogP contribution in [-0.4, -0.2) is 18.7 Å².